The van der Waals surface area contributed by atoms with Crippen LogP contribution in [-0.2, 0) is 52.5 Å². The zero-order valence-corrected chi connectivity index (χ0v) is 57.5. The lowest BCUT2D eigenvalue weighted by atomic mass is 9.83. The molecular weight excluding hydrogens is 1080 g/mol. The average Bonchev–Trinajstić information content (AvgIpc) is 3.50. The fraction of sp³-hybridized carbons (Fsp3) is 0.877. The first-order valence-electron chi connectivity index (χ1n) is 31.7. The molecule has 0 radical (unpaired) electrons. The SMILES string of the molecule is CCCCC[C@H](NC(=O)CN1CCN(CC(=O)OC(C)(C)C)CCN(CC(C)(C)C)CCN(CC(C)(C)C)CC1)C(=O)CCC(=O)N(CCCC[C@H](NC(=O)N[C@@H](CCC(=O)OC(C)(C)C)C(=O)OC(C)(C)C)C(C)(C)C)CC(=O)OC(C)(C)C. The second-order valence-corrected chi connectivity index (χ2v) is 31.0. The number of carbonyl (C=O) groups is 8. The molecule has 4 amide bonds. The topological polar surface area (TPSA) is 226 Å². The van der Waals surface area contributed by atoms with E-state index in [2.05, 4.69) is 84.0 Å². The third kappa shape index (κ3) is 39.9. The summed E-state index contributed by atoms with van der Waals surface area (Å²) in [6, 6.07) is -2.96. The van der Waals surface area contributed by atoms with Crippen molar-refractivity contribution in [3.8, 4) is 0 Å². The van der Waals surface area contributed by atoms with E-state index < -0.39 is 75.8 Å². The number of nitrogens with one attached hydrogen (secondary N) is 3. The first-order chi connectivity index (χ1) is 38.7. The van der Waals surface area contributed by atoms with Crippen molar-refractivity contribution in [3.63, 3.8) is 0 Å². The highest BCUT2D eigenvalue weighted by atomic mass is 16.6. The summed E-state index contributed by atoms with van der Waals surface area (Å²) in [5, 5.41) is 8.82. The first-order valence-corrected chi connectivity index (χ1v) is 31.7. The third-order valence-electron chi connectivity index (χ3n) is 13.5. The van der Waals surface area contributed by atoms with E-state index in [9.17, 15) is 38.4 Å². The van der Waals surface area contributed by atoms with Crippen molar-refractivity contribution in [2.24, 2.45) is 16.2 Å². The summed E-state index contributed by atoms with van der Waals surface area (Å²) in [7, 11) is 0. The minimum absolute atomic E-state index is 0.0353. The Hall–Kier alpha value is -4.40. The second kappa shape index (κ2) is 35.6. The van der Waals surface area contributed by atoms with Crippen LogP contribution in [0.4, 0.5) is 4.79 Å². The number of nitrogens with zero attached hydrogens (tertiary/aromatic N) is 5. The molecule has 0 spiro atoms. The minimum atomic E-state index is -1.13. The summed E-state index contributed by atoms with van der Waals surface area (Å²) < 4.78 is 22.4. The molecule has 85 heavy (non-hydrogen) atoms. The molecule has 1 rings (SSSR count). The number of urea groups is 1. The maximum atomic E-state index is 14.3. The molecule has 0 aromatic carbocycles. The fourth-order valence-corrected chi connectivity index (χ4v) is 9.86. The molecule has 0 aromatic heterocycles. The summed E-state index contributed by atoms with van der Waals surface area (Å²) in [5.41, 5.74) is -3.32. The molecule has 0 saturated carbocycles. The number of carbonyl (C=O) groups excluding carboxylic acids is 8. The summed E-state index contributed by atoms with van der Waals surface area (Å²) in [5.74, 6) is -3.04. The zero-order chi connectivity index (χ0) is 65.4. The van der Waals surface area contributed by atoms with Crippen molar-refractivity contribution >= 4 is 47.5 Å². The number of Topliss-reactive ketones (excluding diaryl/α,β-unsaturated/α-hetero) is 1. The Bertz CT molecular complexity index is 2090. The number of esters is 4. The van der Waals surface area contributed by atoms with Crippen molar-refractivity contribution in [2.75, 3.05) is 91.6 Å². The number of hydrogen-bond donors (Lipinski definition) is 3. The van der Waals surface area contributed by atoms with E-state index in [1.54, 1.807) is 62.3 Å². The zero-order valence-electron chi connectivity index (χ0n) is 57.5. The van der Waals surface area contributed by atoms with Crippen LogP contribution in [0, 0.1) is 16.2 Å². The summed E-state index contributed by atoms with van der Waals surface area (Å²) in [6.45, 7) is 50.0. The van der Waals surface area contributed by atoms with Crippen LogP contribution in [0.1, 0.15) is 223 Å². The van der Waals surface area contributed by atoms with Crippen molar-refractivity contribution in [3.05, 3.63) is 0 Å². The summed E-state index contributed by atoms with van der Waals surface area (Å²) in [6.07, 6.45) is 3.85. The number of hydrogen-bond acceptors (Lipinski definition) is 16. The Morgan fingerprint density at radius 2 is 0.894 bits per heavy atom. The molecule has 3 atom stereocenters. The van der Waals surface area contributed by atoms with Gasteiger partial charge in [0.05, 0.1) is 19.1 Å². The highest BCUT2D eigenvalue weighted by molar-refractivity contribution is 5.92. The molecule has 0 aromatic rings. The van der Waals surface area contributed by atoms with Crippen molar-refractivity contribution < 1.29 is 57.3 Å². The van der Waals surface area contributed by atoms with Crippen LogP contribution in [0.25, 0.3) is 0 Å². The van der Waals surface area contributed by atoms with E-state index in [0.29, 0.717) is 58.3 Å². The Kier molecular flexibility index (Phi) is 32.9. The van der Waals surface area contributed by atoms with Gasteiger partial charge in [-0.2, -0.15) is 0 Å². The Morgan fingerprint density at radius 1 is 0.447 bits per heavy atom. The largest absolute Gasteiger partial charge is 0.460 e. The second-order valence-electron chi connectivity index (χ2n) is 31.0. The van der Waals surface area contributed by atoms with Gasteiger partial charge < -0.3 is 49.6 Å². The molecule has 0 bridgehead atoms. The van der Waals surface area contributed by atoms with Crippen LogP contribution in [0.15, 0.2) is 0 Å². The van der Waals surface area contributed by atoms with Crippen LogP contribution in [-0.4, -0.2) is 204 Å². The quantitative estimate of drug-likeness (QED) is 0.0378. The minimum Gasteiger partial charge on any atom is -0.460 e. The molecule has 1 aliphatic heterocycles. The van der Waals surface area contributed by atoms with Gasteiger partial charge in [-0.05, 0) is 131 Å². The molecule has 0 unspecified atom stereocenters. The van der Waals surface area contributed by atoms with Crippen LogP contribution >= 0.6 is 0 Å². The smallest absolute Gasteiger partial charge is 0.329 e. The van der Waals surface area contributed by atoms with Crippen molar-refractivity contribution in [1.82, 2.24) is 40.4 Å². The average molecular weight is 1210 g/mol. The van der Waals surface area contributed by atoms with Crippen molar-refractivity contribution in [1.29, 1.82) is 0 Å². The normalized spacial score (nSPS) is 16.6. The molecule has 494 valence electrons. The molecule has 20 nitrogen and oxygen atoms in total. The summed E-state index contributed by atoms with van der Waals surface area (Å²) in [4.78, 5) is 119. The molecule has 1 saturated heterocycles. The maximum Gasteiger partial charge on any atom is 0.329 e. The standard InChI is InChI=1S/C65H122N8O12/c1-23-24-25-28-48(66-52(75)43-69-35-36-70(44-55(78)83-63(14,15)16)38-40-72(47-60(5,6)7)42-41-71(39-37-69)46-59(2,3)4)50(74)31-32-53(76)73(45-56(79)84-64(17,18)19)34-27-26-29-51(61(8,9)10)68-58(81)67-49(57(80)85-65(20,21)22)30-33-54(77)82-62(11,12)13/h48-49,51H,23-47H2,1-22H3,(H,66,75)(H2,67,68,81)/t48-,49-,51-/m0/s1. The van der Waals surface area contributed by atoms with E-state index in [1.165, 1.54) is 4.90 Å². The monoisotopic (exact) mass is 1210 g/mol. The van der Waals surface area contributed by atoms with Gasteiger partial charge in [-0.1, -0.05) is 88.5 Å². The van der Waals surface area contributed by atoms with Crippen LogP contribution < -0.4 is 16.0 Å². The van der Waals surface area contributed by atoms with Gasteiger partial charge >= 0.3 is 29.9 Å². The van der Waals surface area contributed by atoms with E-state index in [1.807, 2.05) is 41.5 Å². The fourth-order valence-electron chi connectivity index (χ4n) is 9.86. The molecule has 3 N–H and O–H groups in total. The number of amides is 4. The van der Waals surface area contributed by atoms with Crippen molar-refractivity contribution in [2.45, 2.75) is 263 Å². The van der Waals surface area contributed by atoms with E-state index >= 15 is 0 Å². The molecule has 1 fully saturated rings. The van der Waals surface area contributed by atoms with E-state index in [-0.39, 0.29) is 80.4 Å². The van der Waals surface area contributed by atoms with Gasteiger partial charge in [0.25, 0.3) is 0 Å². The first kappa shape index (κ1) is 78.6. The highest BCUT2D eigenvalue weighted by Gasteiger charge is 2.33. The molecule has 1 aliphatic rings. The van der Waals surface area contributed by atoms with Gasteiger partial charge in [0.1, 0.15) is 35.0 Å². The lowest BCUT2D eigenvalue weighted by Gasteiger charge is -2.37. The Labute approximate surface area is 514 Å². The third-order valence-corrected chi connectivity index (χ3v) is 13.5. The lowest BCUT2D eigenvalue weighted by Crippen LogP contribution is -2.53. The van der Waals surface area contributed by atoms with Gasteiger partial charge in [0.2, 0.25) is 11.8 Å². The number of unbranched alkanes of at least 4 members (excludes halogenated alkanes) is 3. The molecule has 20 heteroatoms. The van der Waals surface area contributed by atoms with Crippen LogP contribution in [0.5, 0.6) is 0 Å². The van der Waals surface area contributed by atoms with Gasteiger partial charge in [0, 0.05) is 97.3 Å². The van der Waals surface area contributed by atoms with Gasteiger partial charge in [0.15, 0.2) is 5.78 Å². The van der Waals surface area contributed by atoms with E-state index in [0.717, 1.165) is 52.1 Å². The van der Waals surface area contributed by atoms with E-state index in [4.69, 9.17) is 18.9 Å². The predicted octanol–water partition coefficient (Wildman–Crippen LogP) is 8.94. The maximum absolute atomic E-state index is 14.3. The number of ketones is 1. The summed E-state index contributed by atoms with van der Waals surface area (Å²) >= 11 is 0. The van der Waals surface area contributed by atoms with Crippen LogP contribution in [0.2, 0.25) is 0 Å². The molecule has 1 heterocycles. The molecule has 0 aliphatic carbocycles. The molecular formula is C65H122N8O12. The number of ether oxygens (including phenoxy) is 4. The van der Waals surface area contributed by atoms with Gasteiger partial charge in [-0.25, -0.2) is 9.59 Å². The Balaban J connectivity index is 3.35. The van der Waals surface area contributed by atoms with Gasteiger partial charge in [-0.3, -0.25) is 38.6 Å². The number of rotatable bonds is 28. The highest BCUT2D eigenvalue weighted by Crippen LogP contribution is 2.25. The predicted molar refractivity (Wildman–Crippen MR) is 337 cm³/mol. The van der Waals surface area contributed by atoms with Gasteiger partial charge in [-0.15, -0.1) is 0 Å². The van der Waals surface area contributed by atoms with Crippen LogP contribution in [0.3, 0.4) is 0 Å². The Morgan fingerprint density at radius 3 is 1.35 bits per heavy atom. The lowest BCUT2D eigenvalue weighted by molar-refractivity contribution is -0.160.